The van der Waals surface area contributed by atoms with Gasteiger partial charge in [0.1, 0.15) is 0 Å². The van der Waals surface area contributed by atoms with Gasteiger partial charge in [0.15, 0.2) is 11.5 Å². The first kappa shape index (κ1) is 19.4. The lowest BCUT2D eigenvalue weighted by atomic mass is 9.98. The summed E-state index contributed by atoms with van der Waals surface area (Å²) in [4.78, 5) is 12.6. The number of nitrogens with one attached hydrogen (secondary N) is 1. The maximum atomic E-state index is 12.7. The van der Waals surface area contributed by atoms with Crippen molar-refractivity contribution in [2.75, 3.05) is 19.9 Å². The molecule has 2 heterocycles. The number of carbonyl (C=O) groups is 1. The van der Waals surface area contributed by atoms with E-state index in [-0.39, 0.29) is 23.5 Å². The van der Waals surface area contributed by atoms with Crippen LogP contribution in [0.5, 0.6) is 11.5 Å². The minimum absolute atomic E-state index is 0.200. The van der Waals surface area contributed by atoms with Crippen LogP contribution < -0.4 is 14.9 Å². The van der Waals surface area contributed by atoms with Crippen molar-refractivity contribution in [2.45, 2.75) is 17.7 Å². The molecule has 0 bridgehead atoms. The van der Waals surface area contributed by atoms with Crippen LogP contribution in [0.15, 0.2) is 58.5 Å². The van der Waals surface area contributed by atoms with Crippen LogP contribution in [0, 0.1) is 5.92 Å². The normalized spacial score (nSPS) is 17.5. The lowest BCUT2D eigenvalue weighted by molar-refractivity contribution is -0.126. The third-order valence-corrected chi connectivity index (χ3v) is 6.90. The lowest BCUT2D eigenvalue weighted by Crippen LogP contribution is -2.42. The van der Waals surface area contributed by atoms with Gasteiger partial charge in [-0.2, -0.15) is 9.41 Å². The van der Waals surface area contributed by atoms with E-state index < -0.39 is 10.0 Å². The monoisotopic (exact) mass is 415 g/mol. The summed E-state index contributed by atoms with van der Waals surface area (Å²) < 4.78 is 37.3. The number of hydrazone groups is 1. The number of fused-ring (bicyclic) bond motifs is 1. The summed E-state index contributed by atoms with van der Waals surface area (Å²) in [6.07, 6.45) is 2.45. The van der Waals surface area contributed by atoms with Gasteiger partial charge < -0.3 is 9.47 Å². The fourth-order valence-corrected chi connectivity index (χ4v) is 4.85. The largest absolute Gasteiger partial charge is 0.454 e. The first-order valence-electron chi connectivity index (χ1n) is 9.32. The molecule has 29 heavy (non-hydrogen) atoms. The van der Waals surface area contributed by atoms with Crippen LogP contribution in [0.3, 0.4) is 0 Å². The highest BCUT2D eigenvalue weighted by molar-refractivity contribution is 7.89. The Bertz CT molecular complexity index is 1020. The van der Waals surface area contributed by atoms with E-state index in [4.69, 9.17) is 9.47 Å². The average Bonchev–Trinajstić information content (AvgIpc) is 3.22. The summed E-state index contributed by atoms with van der Waals surface area (Å²) >= 11 is 0. The number of amides is 1. The third-order valence-electron chi connectivity index (χ3n) is 4.99. The van der Waals surface area contributed by atoms with Gasteiger partial charge >= 0.3 is 0 Å². The molecule has 2 aliphatic heterocycles. The summed E-state index contributed by atoms with van der Waals surface area (Å²) in [6, 6.07) is 13.7. The second kappa shape index (κ2) is 8.22. The molecule has 8 nitrogen and oxygen atoms in total. The van der Waals surface area contributed by atoms with Gasteiger partial charge in [0.05, 0.1) is 11.1 Å². The predicted molar refractivity (Wildman–Crippen MR) is 106 cm³/mol. The van der Waals surface area contributed by atoms with Crippen molar-refractivity contribution >= 4 is 22.1 Å². The van der Waals surface area contributed by atoms with Gasteiger partial charge in [-0.3, -0.25) is 4.79 Å². The summed E-state index contributed by atoms with van der Waals surface area (Å²) in [5.74, 6) is 0.848. The van der Waals surface area contributed by atoms with Crippen molar-refractivity contribution in [2.24, 2.45) is 11.0 Å². The van der Waals surface area contributed by atoms with E-state index in [1.54, 1.807) is 42.5 Å². The Kier molecular flexibility index (Phi) is 5.50. The van der Waals surface area contributed by atoms with Crippen LogP contribution in [0.1, 0.15) is 18.4 Å². The van der Waals surface area contributed by atoms with Gasteiger partial charge in [-0.15, -0.1) is 0 Å². The number of sulfonamides is 1. The third kappa shape index (κ3) is 4.25. The molecule has 2 aliphatic rings. The Hall–Kier alpha value is -2.91. The SMILES string of the molecule is O=C(N/N=C\c1ccc2c(c1)OCO2)C1CCN(S(=O)(=O)c2ccccc2)CC1. The summed E-state index contributed by atoms with van der Waals surface area (Å²) in [5, 5.41) is 4.00. The van der Waals surface area contributed by atoms with E-state index >= 15 is 0 Å². The molecule has 2 aromatic carbocycles. The Balaban J connectivity index is 1.30. The van der Waals surface area contributed by atoms with Crippen molar-refractivity contribution in [3.05, 3.63) is 54.1 Å². The fraction of sp³-hybridized carbons (Fsp3) is 0.300. The van der Waals surface area contributed by atoms with Crippen molar-refractivity contribution in [1.29, 1.82) is 0 Å². The van der Waals surface area contributed by atoms with Gasteiger partial charge in [-0.1, -0.05) is 18.2 Å². The maximum Gasteiger partial charge on any atom is 0.243 e. The van der Waals surface area contributed by atoms with E-state index in [2.05, 4.69) is 10.5 Å². The Morgan fingerprint density at radius 1 is 1.07 bits per heavy atom. The minimum Gasteiger partial charge on any atom is -0.454 e. The molecule has 0 aliphatic carbocycles. The first-order chi connectivity index (χ1) is 14.0. The Morgan fingerprint density at radius 2 is 1.79 bits per heavy atom. The molecule has 1 amide bonds. The summed E-state index contributed by atoms with van der Waals surface area (Å²) in [6.45, 7) is 0.813. The number of ether oxygens (including phenoxy) is 2. The van der Waals surface area contributed by atoms with E-state index in [0.717, 1.165) is 5.56 Å². The van der Waals surface area contributed by atoms with E-state index in [1.165, 1.54) is 10.5 Å². The number of piperidine rings is 1. The van der Waals surface area contributed by atoms with Crippen molar-refractivity contribution < 1.29 is 22.7 Å². The number of rotatable bonds is 5. The molecule has 4 rings (SSSR count). The van der Waals surface area contributed by atoms with Gasteiger partial charge in [0, 0.05) is 19.0 Å². The maximum absolute atomic E-state index is 12.7. The molecule has 0 aromatic heterocycles. The van der Waals surface area contributed by atoms with Crippen molar-refractivity contribution in [3.8, 4) is 11.5 Å². The lowest BCUT2D eigenvalue weighted by Gasteiger charge is -2.30. The molecular weight excluding hydrogens is 394 g/mol. The quantitative estimate of drug-likeness (QED) is 0.595. The predicted octanol–water partition coefficient (Wildman–Crippen LogP) is 1.97. The molecule has 0 atom stereocenters. The zero-order valence-electron chi connectivity index (χ0n) is 15.7. The molecule has 9 heteroatoms. The zero-order valence-corrected chi connectivity index (χ0v) is 16.5. The number of hydrogen-bond acceptors (Lipinski definition) is 6. The second-order valence-corrected chi connectivity index (χ2v) is 8.78. The molecule has 0 unspecified atom stereocenters. The van der Waals surface area contributed by atoms with Crippen LogP contribution in [0.2, 0.25) is 0 Å². The van der Waals surface area contributed by atoms with Crippen molar-refractivity contribution in [1.82, 2.24) is 9.73 Å². The zero-order chi connectivity index (χ0) is 20.3. The first-order valence-corrected chi connectivity index (χ1v) is 10.8. The van der Waals surface area contributed by atoms with Crippen LogP contribution >= 0.6 is 0 Å². The molecule has 152 valence electrons. The van der Waals surface area contributed by atoms with Gasteiger partial charge in [-0.05, 0) is 48.7 Å². The van der Waals surface area contributed by atoms with E-state index in [1.807, 2.05) is 6.07 Å². The molecule has 0 saturated carbocycles. The fourth-order valence-electron chi connectivity index (χ4n) is 3.36. The molecule has 1 saturated heterocycles. The highest BCUT2D eigenvalue weighted by Crippen LogP contribution is 2.32. The molecule has 2 aromatic rings. The number of benzene rings is 2. The molecule has 0 radical (unpaired) electrons. The van der Waals surface area contributed by atoms with Crippen molar-refractivity contribution in [3.63, 3.8) is 0 Å². The number of carbonyl (C=O) groups excluding carboxylic acids is 1. The van der Waals surface area contributed by atoms with Gasteiger partial charge in [0.25, 0.3) is 0 Å². The summed E-state index contributed by atoms with van der Waals surface area (Å²) in [7, 11) is -3.52. The number of nitrogens with zero attached hydrogens (tertiary/aromatic N) is 2. The van der Waals surface area contributed by atoms with Crippen LogP contribution in [-0.4, -0.2) is 44.7 Å². The standard InChI is InChI=1S/C20H21N3O5S/c24-20(22-21-13-15-6-7-18-19(12-15)28-14-27-18)16-8-10-23(11-9-16)29(25,26)17-4-2-1-3-5-17/h1-7,12-13,16H,8-11,14H2,(H,22,24)/b21-13-. The Labute approximate surface area is 169 Å². The Morgan fingerprint density at radius 3 is 2.55 bits per heavy atom. The van der Waals surface area contributed by atoms with Crippen LogP contribution in [0.25, 0.3) is 0 Å². The van der Waals surface area contributed by atoms with Gasteiger partial charge in [-0.25, -0.2) is 13.8 Å². The van der Waals surface area contributed by atoms with Crippen LogP contribution in [-0.2, 0) is 14.8 Å². The topological polar surface area (TPSA) is 97.3 Å². The minimum atomic E-state index is -3.52. The summed E-state index contributed by atoms with van der Waals surface area (Å²) in [5.41, 5.74) is 3.32. The molecular formula is C20H21N3O5S. The molecule has 1 fully saturated rings. The van der Waals surface area contributed by atoms with E-state index in [0.29, 0.717) is 37.4 Å². The second-order valence-electron chi connectivity index (χ2n) is 6.84. The number of hydrogen-bond donors (Lipinski definition) is 1. The molecule has 1 N–H and O–H groups in total. The van der Waals surface area contributed by atoms with Crippen LogP contribution in [0.4, 0.5) is 0 Å². The average molecular weight is 415 g/mol. The smallest absolute Gasteiger partial charge is 0.243 e. The highest BCUT2D eigenvalue weighted by atomic mass is 32.2. The highest BCUT2D eigenvalue weighted by Gasteiger charge is 2.31. The van der Waals surface area contributed by atoms with E-state index in [9.17, 15) is 13.2 Å². The molecule has 0 spiro atoms. The van der Waals surface area contributed by atoms with Gasteiger partial charge in [0.2, 0.25) is 22.7 Å².